The first-order chi connectivity index (χ1) is 8.99. The van der Waals surface area contributed by atoms with E-state index in [4.69, 9.17) is 28.9 Å². The molecule has 5 nitrogen and oxygen atoms in total. The summed E-state index contributed by atoms with van der Waals surface area (Å²) in [5.74, 6) is -0.221. The van der Waals surface area contributed by atoms with E-state index in [2.05, 4.69) is 15.3 Å². The van der Waals surface area contributed by atoms with Gasteiger partial charge in [0.1, 0.15) is 5.02 Å². The molecule has 0 radical (unpaired) electrons. The molecular formula is C12H10Cl2N4O. The van der Waals surface area contributed by atoms with Gasteiger partial charge in [-0.15, -0.1) is 0 Å². The average molecular weight is 297 g/mol. The van der Waals surface area contributed by atoms with Crippen molar-refractivity contribution in [3.8, 4) is 0 Å². The quantitative estimate of drug-likeness (QED) is 0.853. The average Bonchev–Trinajstić information content (AvgIpc) is 2.35. The van der Waals surface area contributed by atoms with Crippen LogP contribution in [0.25, 0.3) is 0 Å². The highest BCUT2D eigenvalue weighted by molar-refractivity contribution is 6.33. The first kappa shape index (κ1) is 13.6. The Labute approximate surface area is 119 Å². The molecule has 1 heterocycles. The molecule has 0 fully saturated rings. The molecule has 7 heteroatoms. The smallest absolute Gasteiger partial charge is 0.250 e. The molecule has 1 aromatic carbocycles. The molecule has 98 valence electrons. The van der Waals surface area contributed by atoms with Gasteiger partial charge in [-0.3, -0.25) is 4.79 Å². The van der Waals surface area contributed by atoms with Gasteiger partial charge in [-0.2, -0.15) is 4.98 Å². The van der Waals surface area contributed by atoms with E-state index in [1.54, 1.807) is 12.1 Å². The second-order valence-corrected chi connectivity index (χ2v) is 4.57. The normalized spacial score (nSPS) is 10.3. The summed E-state index contributed by atoms with van der Waals surface area (Å²) < 4.78 is 0. The van der Waals surface area contributed by atoms with E-state index in [-0.39, 0.29) is 5.28 Å². The number of halogens is 2. The fourth-order valence-electron chi connectivity index (χ4n) is 1.59. The number of hydrogen-bond acceptors (Lipinski definition) is 4. The van der Waals surface area contributed by atoms with Crippen LogP contribution in [0.1, 0.15) is 15.9 Å². The number of para-hydroxylation sites is 1. The van der Waals surface area contributed by atoms with Crippen LogP contribution >= 0.6 is 23.2 Å². The molecule has 0 unspecified atom stereocenters. The summed E-state index contributed by atoms with van der Waals surface area (Å²) in [6, 6.07) is 5.20. The van der Waals surface area contributed by atoms with E-state index in [1.807, 2.05) is 13.0 Å². The molecule has 0 saturated heterocycles. The molecule has 19 heavy (non-hydrogen) atoms. The van der Waals surface area contributed by atoms with Crippen LogP contribution in [-0.2, 0) is 0 Å². The predicted molar refractivity (Wildman–Crippen MR) is 75.0 cm³/mol. The summed E-state index contributed by atoms with van der Waals surface area (Å²) in [7, 11) is 0. The van der Waals surface area contributed by atoms with Gasteiger partial charge in [0.2, 0.25) is 5.28 Å². The Balaban J connectivity index is 2.49. The van der Waals surface area contributed by atoms with Gasteiger partial charge in [0.05, 0.1) is 17.4 Å². The van der Waals surface area contributed by atoms with Gasteiger partial charge in [-0.1, -0.05) is 23.7 Å². The van der Waals surface area contributed by atoms with Crippen molar-refractivity contribution in [3.63, 3.8) is 0 Å². The monoisotopic (exact) mass is 296 g/mol. The van der Waals surface area contributed by atoms with E-state index < -0.39 is 5.91 Å². The predicted octanol–water partition coefficient (Wildman–Crippen LogP) is 2.93. The number of nitrogens with two attached hydrogens (primary N) is 1. The van der Waals surface area contributed by atoms with Crippen molar-refractivity contribution in [2.24, 2.45) is 5.73 Å². The largest absolute Gasteiger partial charge is 0.366 e. The number of rotatable bonds is 3. The number of nitrogens with zero attached hydrogens (tertiary/aromatic N) is 2. The molecule has 3 N–H and O–H groups in total. The second kappa shape index (κ2) is 5.42. The third-order valence-electron chi connectivity index (χ3n) is 2.50. The maximum atomic E-state index is 11.4. The molecule has 0 saturated carbocycles. The highest BCUT2D eigenvalue weighted by atomic mass is 35.5. The maximum Gasteiger partial charge on any atom is 0.250 e. The zero-order chi connectivity index (χ0) is 14.0. The van der Waals surface area contributed by atoms with E-state index in [0.29, 0.717) is 22.1 Å². The van der Waals surface area contributed by atoms with Gasteiger partial charge in [0, 0.05) is 0 Å². The van der Waals surface area contributed by atoms with Crippen LogP contribution in [0.3, 0.4) is 0 Å². The highest BCUT2D eigenvalue weighted by Crippen LogP contribution is 2.28. The Bertz CT molecular complexity index is 646. The third-order valence-corrected chi connectivity index (χ3v) is 2.96. The van der Waals surface area contributed by atoms with Crippen molar-refractivity contribution in [2.75, 3.05) is 5.32 Å². The SMILES string of the molecule is Cc1cccc(C(N)=O)c1Nc1nc(Cl)ncc1Cl. The second-order valence-electron chi connectivity index (χ2n) is 3.82. The number of amides is 1. The molecule has 0 aliphatic rings. The van der Waals surface area contributed by atoms with E-state index in [1.165, 1.54) is 6.20 Å². The van der Waals surface area contributed by atoms with E-state index >= 15 is 0 Å². The first-order valence-electron chi connectivity index (χ1n) is 5.33. The maximum absolute atomic E-state index is 11.4. The van der Waals surface area contributed by atoms with E-state index in [9.17, 15) is 4.79 Å². The number of benzene rings is 1. The van der Waals surface area contributed by atoms with Crippen LogP contribution < -0.4 is 11.1 Å². The van der Waals surface area contributed by atoms with Crippen LogP contribution in [0.4, 0.5) is 11.5 Å². The summed E-state index contributed by atoms with van der Waals surface area (Å²) in [6.45, 7) is 1.84. The Morgan fingerprint density at radius 2 is 2.11 bits per heavy atom. The molecule has 2 aromatic rings. The Hall–Kier alpha value is -1.85. The topological polar surface area (TPSA) is 80.9 Å². The lowest BCUT2D eigenvalue weighted by atomic mass is 10.1. The van der Waals surface area contributed by atoms with Crippen molar-refractivity contribution in [2.45, 2.75) is 6.92 Å². The summed E-state index contributed by atoms with van der Waals surface area (Å²) in [5.41, 5.74) is 7.07. The Morgan fingerprint density at radius 3 is 2.79 bits per heavy atom. The highest BCUT2D eigenvalue weighted by Gasteiger charge is 2.13. The van der Waals surface area contributed by atoms with Crippen LogP contribution in [0.2, 0.25) is 10.3 Å². The number of carbonyl (C=O) groups excluding carboxylic acids is 1. The zero-order valence-corrected chi connectivity index (χ0v) is 11.5. The molecule has 1 amide bonds. The summed E-state index contributed by atoms with van der Waals surface area (Å²) >= 11 is 11.7. The number of hydrogen-bond donors (Lipinski definition) is 2. The van der Waals surface area contributed by atoms with Gasteiger partial charge in [0.25, 0.3) is 5.91 Å². The molecule has 1 aromatic heterocycles. The van der Waals surface area contributed by atoms with Crippen LogP contribution in [0.15, 0.2) is 24.4 Å². The minimum atomic E-state index is -0.539. The Kier molecular flexibility index (Phi) is 3.87. The standard InChI is InChI=1S/C12H10Cl2N4O/c1-6-3-2-4-7(10(15)19)9(6)17-11-8(13)5-16-12(14)18-11/h2-5H,1H3,(H2,15,19)(H,16,17,18). The number of carbonyl (C=O) groups is 1. The Morgan fingerprint density at radius 1 is 1.37 bits per heavy atom. The number of anilines is 2. The molecule has 2 rings (SSSR count). The zero-order valence-electron chi connectivity index (χ0n) is 9.95. The van der Waals surface area contributed by atoms with Crippen molar-refractivity contribution in [1.82, 2.24) is 9.97 Å². The number of primary amides is 1. The fraction of sp³-hybridized carbons (Fsp3) is 0.0833. The molecule has 0 spiro atoms. The van der Waals surface area contributed by atoms with E-state index in [0.717, 1.165) is 5.56 Å². The summed E-state index contributed by atoms with van der Waals surface area (Å²) in [5, 5.41) is 3.31. The molecule has 0 bridgehead atoms. The molecular weight excluding hydrogens is 287 g/mol. The van der Waals surface area contributed by atoms with Gasteiger partial charge in [-0.25, -0.2) is 4.98 Å². The van der Waals surface area contributed by atoms with Gasteiger partial charge in [-0.05, 0) is 30.2 Å². The van der Waals surface area contributed by atoms with Crippen molar-refractivity contribution < 1.29 is 4.79 Å². The summed E-state index contributed by atoms with van der Waals surface area (Å²) in [4.78, 5) is 19.1. The van der Waals surface area contributed by atoms with Gasteiger partial charge < -0.3 is 11.1 Å². The fourth-order valence-corrected chi connectivity index (χ4v) is 1.86. The first-order valence-corrected chi connectivity index (χ1v) is 6.09. The minimum Gasteiger partial charge on any atom is -0.366 e. The van der Waals surface area contributed by atoms with Crippen molar-refractivity contribution in [1.29, 1.82) is 0 Å². The molecule has 0 aliphatic heterocycles. The van der Waals surface area contributed by atoms with Gasteiger partial charge >= 0.3 is 0 Å². The van der Waals surface area contributed by atoms with Crippen molar-refractivity contribution >= 4 is 40.6 Å². The van der Waals surface area contributed by atoms with Crippen LogP contribution in [0, 0.1) is 6.92 Å². The van der Waals surface area contributed by atoms with Crippen molar-refractivity contribution in [3.05, 3.63) is 45.8 Å². The lowest BCUT2D eigenvalue weighted by Gasteiger charge is -2.13. The number of nitrogens with one attached hydrogen (secondary N) is 1. The lowest BCUT2D eigenvalue weighted by molar-refractivity contribution is 0.100. The van der Waals surface area contributed by atoms with Crippen LogP contribution in [-0.4, -0.2) is 15.9 Å². The number of aromatic nitrogens is 2. The summed E-state index contributed by atoms with van der Waals surface area (Å²) in [6.07, 6.45) is 1.38. The van der Waals surface area contributed by atoms with Crippen LogP contribution in [0.5, 0.6) is 0 Å². The molecule has 0 aliphatic carbocycles. The molecule has 0 atom stereocenters. The lowest BCUT2D eigenvalue weighted by Crippen LogP contribution is -2.14. The number of aryl methyl sites for hydroxylation is 1. The minimum absolute atomic E-state index is 0.0566. The third kappa shape index (κ3) is 2.94. The van der Waals surface area contributed by atoms with Gasteiger partial charge in [0.15, 0.2) is 5.82 Å².